The number of carboxylic acids is 1. The quantitative estimate of drug-likeness (QED) is 0.230. The number of pyridine rings is 1. The van der Waals surface area contributed by atoms with Gasteiger partial charge >= 0.3 is 5.97 Å². The molecule has 262 valence electrons. The summed E-state index contributed by atoms with van der Waals surface area (Å²) in [6, 6.07) is 10.7. The molecule has 8 heteroatoms. The molecule has 49 heavy (non-hydrogen) atoms. The molecular weight excluding hydrogens is 614 g/mol. The lowest BCUT2D eigenvalue weighted by Crippen LogP contribution is -2.52. The van der Waals surface area contributed by atoms with Gasteiger partial charge in [-0.3, -0.25) is 14.5 Å². The van der Waals surface area contributed by atoms with Crippen LogP contribution >= 0.6 is 0 Å². The van der Waals surface area contributed by atoms with Crippen LogP contribution in [0.25, 0.3) is 11.3 Å². The number of carbonyl (C=O) groups excluding carboxylic acids is 1. The lowest BCUT2D eigenvalue weighted by Gasteiger charge is -2.55. The molecule has 5 aliphatic rings. The number of aliphatic carboxylic acids is 1. The number of hydrogen-bond acceptors (Lipinski definition) is 6. The molecule has 5 saturated carbocycles. The summed E-state index contributed by atoms with van der Waals surface area (Å²) < 4.78 is 11.4. The normalized spacial score (nSPS) is 27.4. The lowest BCUT2D eigenvalue weighted by atomic mass is 9.51. The number of fused-ring (bicyclic) bond motifs is 3. The molecule has 2 heterocycles. The maximum absolute atomic E-state index is 14.7. The number of rotatable bonds is 10. The second kappa shape index (κ2) is 12.9. The number of carboxylic acid groups (broad SMARTS) is 1. The van der Waals surface area contributed by atoms with Gasteiger partial charge in [-0.05, 0) is 135 Å². The number of anilines is 1. The Labute approximate surface area is 291 Å². The summed E-state index contributed by atoms with van der Waals surface area (Å²) in [5.41, 5.74) is 4.20. The molecule has 1 atom stereocenters. The van der Waals surface area contributed by atoms with E-state index in [-0.39, 0.29) is 34.0 Å². The zero-order chi connectivity index (χ0) is 34.6. The number of nitrogens with zero attached hydrogens (tertiary/aromatic N) is 3. The average Bonchev–Trinajstić information content (AvgIpc) is 3.83. The largest absolute Gasteiger partial charge is 0.496 e. The topological polar surface area (TPSA) is 106 Å². The summed E-state index contributed by atoms with van der Waals surface area (Å²) >= 11 is 0. The zero-order valence-corrected chi connectivity index (χ0v) is 30.0. The number of aryl methyl sites for hydroxylation is 1. The zero-order valence-electron chi connectivity index (χ0n) is 30.0. The van der Waals surface area contributed by atoms with E-state index in [0.29, 0.717) is 31.1 Å². The van der Waals surface area contributed by atoms with Crippen molar-refractivity contribution in [2.45, 2.75) is 116 Å². The number of ether oxygens (including phenoxy) is 1. The predicted molar refractivity (Wildman–Crippen MR) is 190 cm³/mol. The van der Waals surface area contributed by atoms with E-state index in [1.807, 2.05) is 37.8 Å². The highest BCUT2D eigenvalue weighted by Gasteiger charge is 2.51. The van der Waals surface area contributed by atoms with Gasteiger partial charge in [0.2, 0.25) is 5.91 Å². The van der Waals surface area contributed by atoms with Crippen molar-refractivity contribution >= 4 is 17.7 Å². The number of carbonyl (C=O) groups is 2. The fourth-order valence-electron chi connectivity index (χ4n) is 9.61. The Balaban J connectivity index is 1.13. The minimum Gasteiger partial charge on any atom is -0.496 e. The third-order valence-electron chi connectivity index (χ3n) is 12.7. The average molecular weight is 668 g/mol. The van der Waals surface area contributed by atoms with Crippen LogP contribution in [0.15, 0.2) is 47.2 Å². The molecule has 0 saturated heterocycles. The molecule has 8 rings (SSSR count). The Hall–Kier alpha value is -3.68. The van der Waals surface area contributed by atoms with Gasteiger partial charge in [0.15, 0.2) is 5.89 Å². The molecule has 5 fully saturated rings. The Morgan fingerprint density at radius 3 is 2.29 bits per heavy atom. The van der Waals surface area contributed by atoms with Crippen LogP contribution in [-0.4, -0.2) is 40.6 Å². The van der Waals surface area contributed by atoms with Crippen LogP contribution in [0.3, 0.4) is 0 Å². The van der Waals surface area contributed by atoms with Gasteiger partial charge in [-0.2, -0.15) is 0 Å². The van der Waals surface area contributed by atoms with Gasteiger partial charge in [0.1, 0.15) is 23.5 Å². The first-order chi connectivity index (χ1) is 23.4. The third kappa shape index (κ3) is 6.64. The van der Waals surface area contributed by atoms with Gasteiger partial charge in [0.05, 0.1) is 13.0 Å². The number of aromatic nitrogens is 2. The van der Waals surface area contributed by atoms with Gasteiger partial charge in [-0.1, -0.05) is 32.9 Å². The van der Waals surface area contributed by atoms with E-state index in [9.17, 15) is 14.7 Å². The van der Waals surface area contributed by atoms with Crippen molar-refractivity contribution in [1.82, 2.24) is 9.97 Å². The fourth-order valence-corrected chi connectivity index (χ4v) is 9.61. The molecule has 1 amide bonds. The molecule has 0 aliphatic heterocycles. The van der Waals surface area contributed by atoms with Crippen molar-refractivity contribution in [2.24, 2.45) is 28.6 Å². The van der Waals surface area contributed by atoms with Crippen LogP contribution in [0, 0.1) is 35.5 Å². The van der Waals surface area contributed by atoms with E-state index in [2.05, 4.69) is 25.1 Å². The van der Waals surface area contributed by atoms with Crippen LogP contribution in [0.5, 0.6) is 5.75 Å². The smallest absolute Gasteiger partial charge is 0.307 e. The monoisotopic (exact) mass is 667 g/mol. The van der Waals surface area contributed by atoms with Gasteiger partial charge in [0.25, 0.3) is 0 Å². The highest BCUT2D eigenvalue weighted by Crippen LogP contribution is 2.58. The number of benzene rings is 1. The number of oxazole rings is 1. The van der Waals surface area contributed by atoms with Gasteiger partial charge < -0.3 is 14.3 Å². The first-order valence-corrected chi connectivity index (χ1v) is 18.5. The molecule has 2 bridgehead atoms. The number of hydrogen-bond donors (Lipinski definition) is 1. The second-order valence-electron chi connectivity index (χ2n) is 16.9. The highest BCUT2D eigenvalue weighted by molar-refractivity contribution is 5.95. The standard InChI is InChI=1S/C41H53N3O5/c1-26-22-31(12-13-33(26)48-5)41-18-15-40(16-19-41,17-20-41)25-44(34-23-30(14-21-42-34)32-24-49-36(43-32)28-8-9-28)37(45)29-10-6-27(7-11-29)35(38(46)47)39(2,3)4/h12-14,21-24,27-29,35H,6-11,15-20,25H2,1-5H3,(H,46,47). The van der Waals surface area contributed by atoms with Crippen LogP contribution in [0.4, 0.5) is 5.82 Å². The first kappa shape index (κ1) is 33.8. The molecule has 3 aromatic rings. The Kier molecular flexibility index (Phi) is 8.89. The van der Waals surface area contributed by atoms with Gasteiger partial charge in [-0.15, -0.1) is 0 Å². The van der Waals surface area contributed by atoms with E-state index < -0.39 is 11.9 Å². The van der Waals surface area contributed by atoms with Gasteiger partial charge in [-0.25, -0.2) is 9.97 Å². The molecule has 2 aromatic heterocycles. The second-order valence-corrected chi connectivity index (χ2v) is 16.9. The lowest BCUT2D eigenvalue weighted by molar-refractivity contribution is -0.149. The maximum Gasteiger partial charge on any atom is 0.307 e. The Morgan fingerprint density at radius 1 is 1.00 bits per heavy atom. The minimum atomic E-state index is -0.725. The first-order valence-electron chi connectivity index (χ1n) is 18.5. The van der Waals surface area contributed by atoms with Crippen molar-refractivity contribution in [3.63, 3.8) is 0 Å². The summed E-state index contributed by atoms with van der Waals surface area (Å²) in [4.78, 5) is 38.6. The summed E-state index contributed by atoms with van der Waals surface area (Å²) in [6.07, 6.45) is 15.3. The van der Waals surface area contributed by atoms with Crippen molar-refractivity contribution in [2.75, 3.05) is 18.6 Å². The van der Waals surface area contributed by atoms with E-state index in [1.165, 1.54) is 11.1 Å². The minimum absolute atomic E-state index is 0.0431. The summed E-state index contributed by atoms with van der Waals surface area (Å²) in [6.45, 7) is 8.84. The highest BCUT2D eigenvalue weighted by atomic mass is 16.5. The van der Waals surface area contributed by atoms with Crippen LogP contribution in [0.1, 0.15) is 121 Å². The molecule has 1 aromatic carbocycles. The number of amides is 1. The molecule has 1 unspecified atom stereocenters. The Bertz CT molecular complexity index is 1670. The van der Waals surface area contributed by atoms with Crippen molar-refractivity contribution in [1.29, 1.82) is 0 Å². The number of methoxy groups -OCH3 is 1. The molecular formula is C41H53N3O5. The fraction of sp³-hybridized carbons (Fsp3) is 0.610. The molecule has 0 radical (unpaired) electrons. The SMILES string of the molecule is COc1ccc(C23CCC(CN(C(=O)C4CCC(C(C(=O)O)C(C)(C)C)CC4)c4cc(-c5coc(C6CC6)n5)ccn4)(CC2)CC3)cc1C. The summed E-state index contributed by atoms with van der Waals surface area (Å²) in [7, 11) is 1.73. The molecule has 1 N–H and O–H groups in total. The van der Waals surface area contributed by atoms with Crippen LogP contribution < -0.4 is 9.64 Å². The third-order valence-corrected chi connectivity index (χ3v) is 12.7. The van der Waals surface area contributed by atoms with Crippen LogP contribution in [0.2, 0.25) is 0 Å². The molecule has 0 spiro atoms. The summed E-state index contributed by atoms with van der Waals surface area (Å²) in [5, 5.41) is 10.1. The van der Waals surface area contributed by atoms with E-state index in [4.69, 9.17) is 19.1 Å². The maximum atomic E-state index is 14.7. The van der Waals surface area contributed by atoms with Gasteiger partial charge in [0, 0.05) is 30.1 Å². The predicted octanol–water partition coefficient (Wildman–Crippen LogP) is 9.11. The Morgan fingerprint density at radius 2 is 1.69 bits per heavy atom. The molecule has 5 aliphatic carbocycles. The van der Waals surface area contributed by atoms with E-state index in [0.717, 1.165) is 87.1 Å². The van der Waals surface area contributed by atoms with Crippen LogP contribution in [-0.2, 0) is 15.0 Å². The molecule has 8 nitrogen and oxygen atoms in total. The van der Waals surface area contributed by atoms with Crippen molar-refractivity contribution in [3.8, 4) is 17.0 Å². The summed E-state index contributed by atoms with van der Waals surface area (Å²) in [5.74, 6) is 1.76. The van der Waals surface area contributed by atoms with Crippen molar-refractivity contribution < 1.29 is 23.8 Å². The van der Waals surface area contributed by atoms with E-state index >= 15 is 0 Å². The van der Waals surface area contributed by atoms with Crippen molar-refractivity contribution in [3.05, 3.63) is 59.8 Å². The van der Waals surface area contributed by atoms with E-state index in [1.54, 1.807) is 19.6 Å².